The van der Waals surface area contributed by atoms with Gasteiger partial charge < -0.3 is 33.3 Å². The van der Waals surface area contributed by atoms with Crippen LogP contribution in [0.1, 0.15) is 181 Å². The quantitative estimate of drug-likeness (QED) is 0.0195. The number of unbranched alkanes of at least 4 members (excludes halogenated alkanes) is 6. The maximum atomic E-state index is 12.9. The summed E-state index contributed by atoms with van der Waals surface area (Å²) in [5, 5.41) is 11.8. The zero-order chi connectivity index (χ0) is 59.1. The molecule has 0 spiro atoms. The molecule has 0 fully saturated rings. The topological polar surface area (TPSA) is 111 Å². The minimum Gasteiger partial charge on any atom is -0.545 e. The first-order valence-corrected chi connectivity index (χ1v) is 30.6. The van der Waals surface area contributed by atoms with Crippen molar-refractivity contribution in [3.8, 4) is 0 Å². The van der Waals surface area contributed by atoms with Crippen molar-refractivity contribution in [1.82, 2.24) is 0 Å². The predicted octanol–water partition coefficient (Wildman–Crippen LogP) is 17.3. The van der Waals surface area contributed by atoms with E-state index in [1.54, 1.807) is 0 Å². The number of nitrogens with zero attached hydrogens (tertiary/aromatic N) is 1. The Morgan fingerprint density at radius 1 is 0.370 bits per heavy atom. The van der Waals surface area contributed by atoms with E-state index >= 15 is 0 Å². The van der Waals surface area contributed by atoms with Crippen molar-refractivity contribution in [2.45, 2.75) is 193 Å². The normalized spacial score (nSPS) is 14.1. The van der Waals surface area contributed by atoms with Gasteiger partial charge in [-0.25, -0.2) is 0 Å². The van der Waals surface area contributed by atoms with E-state index in [9.17, 15) is 19.5 Å². The fourth-order valence-electron chi connectivity index (χ4n) is 7.21. The number of likely N-dealkylation sites (N-methyl/N-ethyl adjacent to an activating group) is 1. The van der Waals surface area contributed by atoms with Crippen LogP contribution in [0, 0.1) is 0 Å². The van der Waals surface area contributed by atoms with Crippen molar-refractivity contribution in [3.63, 3.8) is 0 Å². The zero-order valence-electron chi connectivity index (χ0n) is 51.1. The average molecular weight is 1120 g/mol. The standard InChI is InChI=1S/C72H109NO8/c1-6-8-10-12-14-16-18-20-22-24-26-28-30-31-32-33-34-35-36-37-38-39-41-43-45-47-49-51-53-55-57-59-61-63-70(75)81-68(67-80-72(71(76)77)78-65-64-73(3,4)5)66-79-69(74)62-60-58-56-54-52-50-48-46-44-42-40-29-27-25-23-21-19-17-15-13-11-9-7-2/h8-11,14-17,20-23,26-29,31-32,34-35,37-38,41-44,47-50,53,55,68,72H,6-7,12-13,18-19,24-25,30,33,36,39-40,45-46,51-52,54,56-67H2,1-5H3/b10-8-,11-9-,16-14-,17-15-,22-20-,23-21-,28-26-,29-27-,32-31-,35-34-,38-37-,43-41-,44-42-,49-47-,50-48-,55-53-. The third-order valence-electron chi connectivity index (χ3n) is 11.8. The second kappa shape index (κ2) is 60.2. The Labute approximate surface area is 493 Å². The van der Waals surface area contributed by atoms with Gasteiger partial charge in [0.1, 0.15) is 13.2 Å². The highest BCUT2D eigenvalue weighted by Crippen LogP contribution is 2.11. The van der Waals surface area contributed by atoms with E-state index < -0.39 is 30.3 Å². The van der Waals surface area contributed by atoms with Gasteiger partial charge in [-0.3, -0.25) is 9.59 Å². The molecule has 0 aliphatic rings. The van der Waals surface area contributed by atoms with Crippen LogP contribution >= 0.6 is 0 Å². The lowest BCUT2D eigenvalue weighted by atomic mass is 10.1. The van der Waals surface area contributed by atoms with Crippen LogP contribution in [0.5, 0.6) is 0 Å². The number of esters is 2. The van der Waals surface area contributed by atoms with Gasteiger partial charge in [0.25, 0.3) is 0 Å². The molecule has 9 nitrogen and oxygen atoms in total. The van der Waals surface area contributed by atoms with Crippen LogP contribution in [0.15, 0.2) is 194 Å². The summed E-state index contributed by atoms with van der Waals surface area (Å²) < 4.78 is 22.6. The number of carboxylic acid groups (broad SMARTS) is 1. The molecule has 0 amide bonds. The van der Waals surface area contributed by atoms with Crippen LogP contribution in [0.3, 0.4) is 0 Å². The number of hydrogen-bond acceptors (Lipinski definition) is 8. The molecule has 0 saturated heterocycles. The lowest BCUT2D eigenvalue weighted by Gasteiger charge is -2.26. The molecule has 2 atom stereocenters. The molecule has 0 aromatic rings. The van der Waals surface area contributed by atoms with Gasteiger partial charge in [0.05, 0.1) is 40.3 Å². The van der Waals surface area contributed by atoms with Gasteiger partial charge in [0, 0.05) is 12.8 Å². The van der Waals surface area contributed by atoms with Crippen molar-refractivity contribution in [2.24, 2.45) is 0 Å². The molecule has 81 heavy (non-hydrogen) atoms. The molecule has 9 heteroatoms. The van der Waals surface area contributed by atoms with E-state index in [1.807, 2.05) is 21.1 Å². The number of ether oxygens (including phenoxy) is 4. The van der Waals surface area contributed by atoms with E-state index in [0.717, 1.165) is 141 Å². The third-order valence-corrected chi connectivity index (χ3v) is 11.8. The number of carbonyl (C=O) groups is 3. The number of aliphatic carboxylic acids is 1. The second-order valence-corrected chi connectivity index (χ2v) is 20.5. The fourth-order valence-corrected chi connectivity index (χ4v) is 7.21. The number of carbonyl (C=O) groups excluding carboxylic acids is 3. The lowest BCUT2D eigenvalue weighted by Crippen LogP contribution is -2.44. The maximum absolute atomic E-state index is 12.9. The van der Waals surface area contributed by atoms with Crippen molar-refractivity contribution < 1.29 is 42.9 Å². The maximum Gasteiger partial charge on any atom is 0.306 e. The van der Waals surface area contributed by atoms with Crippen LogP contribution in [-0.2, 0) is 33.3 Å². The Balaban J connectivity index is 4.43. The van der Waals surface area contributed by atoms with Crippen LogP contribution in [0.4, 0.5) is 0 Å². The van der Waals surface area contributed by atoms with Gasteiger partial charge >= 0.3 is 11.9 Å². The summed E-state index contributed by atoms with van der Waals surface area (Å²) >= 11 is 0. The van der Waals surface area contributed by atoms with Gasteiger partial charge in [-0.2, -0.15) is 0 Å². The minimum absolute atomic E-state index is 0.122. The van der Waals surface area contributed by atoms with E-state index in [-0.39, 0.29) is 32.7 Å². The van der Waals surface area contributed by atoms with E-state index in [0.29, 0.717) is 23.9 Å². The van der Waals surface area contributed by atoms with Gasteiger partial charge in [-0.05, 0) is 141 Å². The van der Waals surface area contributed by atoms with Crippen LogP contribution in [-0.4, -0.2) is 82.3 Å². The molecule has 0 aliphatic heterocycles. The SMILES string of the molecule is CC/C=C\C/C=C\C/C=C\C/C=C\C/C=C\C/C=C\C/C=C\C/C=C\C/C=C\C/C=C\CCCCC(=O)OC(COC(=O)CCCCCC/C=C\C/C=C\C/C=C\C/C=C\C/C=C\C/C=C\CC)COC(OCC[N+](C)(C)C)C(=O)[O-]. The molecule has 0 aromatic heterocycles. The van der Waals surface area contributed by atoms with E-state index in [4.69, 9.17) is 18.9 Å². The van der Waals surface area contributed by atoms with Crippen molar-refractivity contribution >= 4 is 17.9 Å². The molecular formula is C72H109NO8. The Morgan fingerprint density at radius 2 is 0.667 bits per heavy atom. The van der Waals surface area contributed by atoms with Gasteiger partial charge in [-0.1, -0.05) is 221 Å². The summed E-state index contributed by atoms with van der Waals surface area (Å²) in [6.07, 6.45) is 90.6. The number of carboxylic acids is 1. The number of rotatable bonds is 53. The summed E-state index contributed by atoms with van der Waals surface area (Å²) in [6.45, 7) is 4.39. The highest BCUT2D eigenvalue weighted by atomic mass is 16.7. The fraction of sp³-hybridized carbons (Fsp3) is 0.514. The summed E-state index contributed by atoms with van der Waals surface area (Å²) in [5.74, 6) is -2.41. The Hall–Kier alpha value is -5.87. The van der Waals surface area contributed by atoms with Crippen molar-refractivity contribution in [1.29, 1.82) is 0 Å². The molecule has 450 valence electrons. The highest BCUT2D eigenvalue weighted by Gasteiger charge is 2.22. The molecule has 0 rings (SSSR count). The Morgan fingerprint density at radius 3 is 1.00 bits per heavy atom. The van der Waals surface area contributed by atoms with E-state index in [1.165, 1.54) is 0 Å². The molecule has 0 aromatic carbocycles. The van der Waals surface area contributed by atoms with Crippen molar-refractivity contribution in [2.75, 3.05) is 47.5 Å². The molecule has 2 unspecified atom stereocenters. The first kappa shape index (κ1) is 75.1. The minimum atomic E-state index is -1.66. The van der Waals surface area contributed by atoms with Crippen molar-refractivity contribution in [3.05, 3.63) is 194 Å². The molecular weight excluding hydrogens is 1010 g/mol. The summed E-state index contributed by atoms with van der Waals surface area (Å²) in [5.41, 5.74) is 0. The first-order chi connectivity index (χ1) is 39.6. The molecule has 0 radical (unpaired) electrons. The van der Waals surface area contributed by atoms with Crippen LogP contribution in [0.25, 0.3) is 0 Å². The van der Waals surface area contributed by atoms with E-state index in [2.05, 4.69) is 208 Å². The summed E-state index contributed by atoms with van der Waals surface area (Å²) in [6, 6.07) is 0. The van der Waals surface area contributed by atoms with Gasteiger partial charge in [0.2, 0.25) is 0 Å². The molecule has 0 aliphatic carbocycles. The number of hydrogen-bond donors (Lipinski definition) is 0. The first-order valence-electron chi connectivity index (χ1n) is 30.6. The second-order valence-electron chi connectivity index (χ2n) is 20.5. The van der Waals surface area contributed by atoms with Gasteiger partial charge in [0.15, 0.2) is 12.4 Å². The predicted molar refractivity (Wildman–Crippen MR) is 342 cm³/mol. The third kappa shape index (κ3) is 61.6. The van der Waals surface area contributed by atoms with Crippen LogP contribution < -0.4 is 5.11 Å². The Kier molecular flexibility index (Phi) is 55.9. The molecule has 0 heterocycles. The molecule has 0 saturated carbocycles. The number of allylic oxidation sites excluding steroid dienone is 32. The average Bonchev–Trinajstić information content (AvgIpc) is 3.44. The number of quaternary nitrogens is 1. The van der Waals surface area contributed by atoms with Gasteiger partial charge in [-0.15, -0.1) is 0 Å². The monoisotopic (exact) mass is 1120 g/mol. The Bertz CT molecular complexity index is 2020. The lowest BCUT2D eigenvalue weighted by molar-refractivity contribution is -0.870. The smallest absolute Gasteiger partial charge is 0.306 e. The molecule has 0 N–H and O–H groups in total. The summed E-state index contributed by atoms with van der Waals surface area (Å²) in [7, 11) is 5.88. The zero-order valence-corrected chi connectivity index (χ0v) is 51.1. The molecule has 0 bridgehead atoms. The summed E-state index contributed by atoms with van der Waals surface area (Å²) in [4.78, 5) is 37.3. The largest absolute Gasteiger partial charge is 0.545 e. The van der Waals surface area contributed by atoms with Crippen LogP contribution in [0.2, 0.25) is 0 Å². The highest BCUT2D eigenvalue weighted by molar-refractivity contribution is 5.70.